The molecule has 0 radical (unpaired) electrons. The van der Waals surface area contributed by atoms with E-state index in [-0.39, 0.29) is 17.2 Å². The van der Waals surface area contributed by atoms with E-state index in [0.29, 0.717) is 9.47 Å². The molecule has 0 spiro atoms. The number of anilines is 1. The molecule has 112 valence electrons. The molecule has 0 saturated heterocycles. The van der Waals surface area contributed by atoms with Crippen LogP contribution in [-0.4, -0.2) is 21.9 Å². The van der Waals surface area contributed by atoms with Gasteiger partial charge in [0.1, 0.15) is 11.6 Å². The molecular formula is C12H12F2N4OS2. The van der Waals surface area contributed by atoms with Crippen LogP contribution in [0.3, 0.4) is 0 Å². The number of nitrogen functional groups attached to an aromatic ring is 1. The summed E-state index contributed by atoms with van der Waals surface area (Å²) >= 11 is 2.38. The van der Waals surface area contributed by atoms with Gasteiger partial charge in [0, 0.05) is 11.6 Å². The van der Waals surface area contributed by atoms with Gasteiger partial charge in [-0.05, 0) is 13.0 Å². The molecule has 0 aliphatic carbocycles. The van der Waals surface area contributed by atoms with E-state index in [1.165, 1.54) is 29.2 Å². The largest absolute Gasteiger partial charge is 0.374 e. The van der Waals surface area contributed by atoms with Crippen molar-refractivity contribution >= 4 is 34.1 Å². The zero-order valence-electron chi connectivity index (χ0n) is 11.0. The van der Waals surface area contributed by atoms with E-state index in [2.05, 4.69) is 15.5 Å². The Labute approximate surface area is 128 Å². The molecular weight excluding hydrogens is 318 g/mol. The number of nitrogens with two attached hydrogens (primary N) is 1. The summed E-state index contributed by atoms with van der Waals surface area (Å²) in [6.07, 6.45) is 0. The first-order chi connectivity index (χ1) is 9.95. The van der Waals surface area contributed by atoms with Gasteiger partial charge in [0.05, 0.1) is 11.8 Å². The quantitative estimate of drug-likeness (QED) is 0.823. The molecule has 1 heterocycles. The zero-order chi connectivity index (χ0) is 15.4. The predicted molar refractivity (Wildman–Crippen MR) is 78.0 cm³/mol. The minimum absolute atomic E-state index is 0.113. The van der Waals surface area contributed by atoms with Crippen LogP contribution in [0.25, 0.3) is 0 Å². The van der Waals surface area contributed by atoms with Gasteiger partial charge >= 0.3 is 0 Å². The molecule has 0 aliphatic heterocycles. The van der Waals surface area contributed by atoms with E-state index >= 15 is 0 Å². The van der Waals surface area contributed by atoms with Gasteiger partial charge in [-0.1, -0.05) is 29.2 Å². The summed E-state index contributed by atoms with van der Waals surface area (Å²) in [4.78, 5) is 11.8. The number of hydrogen-bond acceptors (Lipinski definition) is 6. The van der Waals surface area contributed by atoms with Crippen molar-refractivity contribution in [2.24, 2.45) is 0 Å². The van der Waals surface area contributed by atoms with Crippen molar-refractivity contribution in [1.29, 1.82) is 0 Å². The highest BCUT2D eigenvalue weighted by molar-refractivity contribution is 8.01. The van der Waals surface area contributed by atoms with Gasteiger partial charge in [0.2, 0.25) is 11.0 Å². The van der Waals surface area contributed by atoms with Gasteiger partial charge in [-0.25, -0.2) is 8.78 Å². The SMILES string of the molecule is CC(NC(=O)CSc1nnc(N)s1)c1ccc(F)cc1F. The molecule has 1 atom stereocenters. The van der Waals surface area contributed by atoms with Gasteiger partial charge in [-0.3, -0.25) is 4.79 Å². The van der Waals surface area contributed by atoms with Crippen molar-refractivity contribution in [2.45, 2.75) is 17.3 Å². The number of aromatic nitrogens is 2. The Kier molecular flexibility index (Phi) is 5.07. The highest BCUT2D eigenvalue weighted by Gasteiger charge is 2.15. The van der Waals surface area contributed by atoms with Crippen molar-refractivity contribution < 1.29 is 13.6 Å². The van der Waals surface area contributed by atoms with Gasteiger partial charge in [-0.15, -0.1) is 10.2 Å². The number of nitrogens with zero attached hydrogens (tertiary/aromatic N) is 2. The molecule has 0 aliphatic rings. The van der Waals surface area contributed by atoms with E-state index in [0.717, 1.165) is 12.1 Å². The third kappa shape index (κ3) is 4.36. The molecule has 0 saturated carbocycles. The number of carbonyl (C=O) groups excluding carboxylic acids is 1. The van der Waals surface area contributed by atoms with Crippen LogP contribution in [0.15, 0.2) is 22.5 Å². The average Bonchev–Trinajstić information content (AvgIpc) is 2.82. The van der Waals surface area contributed by atoms with Crippen LogP contribution in [0.2, 0.25) is 0 Å². The average molecular weight is 330 g/mol. The van der Waals surface area contributed by atoms with Gasteiger partial charge in [0.25, 0.3) is 0 Å². The standard InChI is InChI=1S/C12H12F2N4OS2/c1-6(8-3-2-7(13)4-9(8)14)16-10(19)5-20-12-18-17-11(15)21-12/h2-4,6H,5H2,1H3,(H2,15,17)(H,16,19). The molecule has 3 N–H and O–H groups in total. The summed E-state index contributed by atoms with van der Waals surface area (Å²) in [7, 11) is 0. The number of rotatable bonds is 5. The third-order valence-electron chi connectivity index (χ3n) is 2.56. The second-order valence-corrected chi connectivity index (χ2v) is 6.38. The Bertz CT molecular complexity index is 650. The molecule has 5 nitrogen and oxygen atoms in total. The minimum atomic E-state index is -0.688. The molecule has 9 heteroatoms. The molecule has 0 fully saturated rings. The lowest BCUT2D eigenvalue weighted by atomic mass is 10.1. The lowest BCUT2D eigenvalue weighted by molar-refractivity contribution is -0.119. The number of thioether (sulfide) groups is 1. The zero-order valence-corrected chi connectivity index (χ0v) is 12.6. The van der Waals surface area contributed by atoms with Gasteiger partial charge in [0.15, 0.2) is 4.34 Å². The van der Waals surface area contributed by atoms with Crippen LogP contribution < -0.4 is 11.1 Å². The van der Waals surface area contributed by atoms with Crippen molar-refractivity contribution in [3.05, 3.63) is 35.4 Å². The lowest BCUT2D eigenvalue weighted by Gasteiger charge is -2.14. The third-order valence-corrected chi connectivity index (χ3v) is 4.44. The molecule has 2 rings (SSSR count). The van der Waals surface area contributed by atoms with E-state index in [9.17, 15) is 13.6 Å². The molecule has 0 bridgehead atoms. The van der Waals surface area contributed by atoms with Crippen LogP contribution in [0.4, 0.5) is 13.9 Å². The first-order valence-corrected chi connectivity index (χ1v) is 7.72. The molecule has 1 aromatic carbocycles. The Balaban J connectivity index is 1.89. The Morgan fingerprint density at radius 2 is 2.24 bits per heavy atom. The maximum Gasteiger partial charge on any atom is 0.230 e. The second-order valence-electron chi connectivity index (χ2n) is 4.15. The normalized spacial score (nSPS) is 12.1. The van der Waals surface area contributed by atoms with Crippen molar-refractivity contribution in [1.82, 2.24) is 15.5 Å². The molecule has 1 aromatic heterocycles. The fourth-order valence-electron chi connectivity index (χ4n) is 1.62. The number of carbonyl (C=O) groups is 1. The first-order valence-electron chi connectivity index (χ1n) is 5.92. The Morgan fingerprint density at radius 1 is 1.48 bits per heavy atom. The lowest BCUT2D eigenvalue weighted by Crippen LogP contribution is -2.28. The number of benzene rings is 1. The fraction of sp³-hybridized carbons (Fsp3) is 0.250. The summed E-state index contributed by atoms with van der Waals surface area (Å²) in [6, 6.07) is 2.70. The number of halogens is 2. The Hall–Kier alpha value is -1.74. The highest BCUT2D eigenvalue weighted by Crippen LogP contribution is 2.23. The van der Waals surface area contributed by atoms with Crippen molar-refractivity contribution in [3.63, 3.8) is 0 Å². The summed E-state index contributed by atoms with van der Waals surface area (Å²) < 4.78 is 27.0. The predicted octanol–water partition coefficient (Wildman–Crippen LogP) is 2.37. The smallest absolute Gasteiger partial charge is 0.230 e. The van der Waals surface area contributed by atoms with Crippen LogP contribution in [0.1, 0.15) is 18.5 Å². The van der Waals surface area contributed by atoms with Crippen LogP contribution in [-0.2, 0) is 4.79 Å². The van der Waals surface area contributed by atoms with Crippen molar-refractivity contribution in [3.8, 4) is 0 Å². The number of hydrogen-bond donors (Lipinski definition) is 2. The topological polar surface area (TPSA) is 80.9 Å². The fourth-order valence-corrected chi connectivity index (χ4v) is 3.07. The van der Waals surface area contributed by atoms with Crippen LogP contribution >= 0.6 is 23.1 Å². The highest BCUT2D eigenvalue weighted by atomic mass is 32.2. The Morgan fingerprint density at radius 3 is 2.86 bits per heavy atom. The van der Waals surface area contributed by atoms with E-state index in [1.54, 1.807) is 6.92 Å². The monoisotopic (exact) mass is 330 g/mol. The van der Waals surface area contributed by atoms with Gasteiger partial charge in [-0.2, -0.15) is 0 Å². The second kappa shape index (κ2) is 6.81. The molecule has 21 heavy (non-hydrogen) atoms. The summed E-state index contributed by atoms with van der Waals surface area (Å²) in [5.41, 5.74) is 5.66. The van der Waals surface area contributed by atoms with E-state index in [1.807, 2.05) is 0 Å². The van der Waals surface area contributed by atoms with Crippen LogP contribution in [0.5, 0.6) is 0 Å². The minimum Gasteiger partial charge on any atom is -0.374 e. The molecule has 1 amide bonds. The number of nitrogens with one attached hydrogen (secondary N) is 1. The molecule has 2 aromatic rings. The van der Waals surface area contributed by atoms with Crippen molar-refractivity contribution in [2.75, 3.05) is 11.5 Å². The summed E-state index contributed by atoms with van der Waals surface area (Å²) in [5, 5.41) is 10.4. The molecule has 1 unspecified atom stereocenters. The summed E-state index contributed by atoms with van der Waals surface area (Å²) in [5.74, 6) is -1.52. The maximum atomic E-state index is 13.6. The summed E-state index contributed by atoms with van der Waals surface area (Å²) in [6.45, 7) is 1.63. The van der Waals surface area contributed by atoms with Gasteiger partial charge < -0.3 is 11.1 Å². The van der Waals surface area contributed by atoms with E-state index < -0.39 is 17.7 Å². The number of amides is 1. The maximum absolute atomic E-state index is 13.6. The van der Waals surface area contributed by atoms with E-state index in [4.69, 9.17) is 5.73 Å². The van der Waals surface area contributed by atoms with Crippen LogP contribution in [0, 0.1) is 11.6 Å². The first kappa shape index (κ1) is 15.6.